The summed E-state index contributed by atoms with van der Waals surface area (Å²) in [4.78, 5) is 4.04. The van der Waals surface area contributed by atoms with E-state index < -0.39 is 0 Å². The van der Waals surface area contributed by atoms with Gasteiger partial charge in [0.05, 0.1) is 4.34 Å². The van der Waals surface area contributed by atoms with Crippen LogP contribution in [0.25, 0.3) is 10.4 Å². The first-order chi connectivity index (χ1) is 10.3. The van der Waals surface area contributed by atoms with E-state index in [4.69, 9.17) is 11.6 Å². The molecule has 0 saturated carbocycles. The van der Waals surface area contributed by atoms with Crippen LogP contribution in [0.5, 0.6) is 0 Å². The Bertz CT molecular complexity index is 688. The Morgan fingerprint density at radius 2 is 1.67 bits per heavy atom. The van der Waals surface area contributed by atoms with E-state index in [2.05, 4.69) is 53.8 Å². The van der Waals surface area contributed by atoms with Gasteiger partial charge < -0.3 is 5.32 Å². The summed E-state index contributed by atoms with van der Waals surface area (Å²) in [5, 5.41) is 3.50. The zero-order chi connectivity index (χ0) is 14.5. The summed E-state index contributed by atoms with van der Waals surface area (Å²) < 4.78 is 0.871. The third-order valence-electron chi connectivity index (χ3n) is 3.20. The highest BCUT2D eigenvalue weighted by Gasteiger charge is 2.02. The standard InChI is InChI=1S/C17H16ClNS2/c18-17-9-7-14(21-17)10-11-19-12-15-6-8-16(20-15)13-4-2-1-3-5-13/h1-9,19H,10-12H2. The number of nitrogens with one attached hydrogen (secondary N) is 1. The monoisotopic (exact) mass is 333 g/mol. The molecule has 0 atom stereocenters. The van der Waals surface area contributed by atoms with Gasteiger partial charge in [0.15, 0.2) is 0 Å². The Labute approximate surface area is 138 Å². The number of rotatable bonds is 6. The van der Waals surface area contributed by atoms with Crippen LogP contribution in [0.3, 0.4) is 0 Å². The van der Waals surface area contributed by atoms with Gasteiger partial charge >= 0.3 is 0 Å². The first kappa shape index (κ1) is 14.8. The first-order valence-electron chi connectivity index (χ1n) is 6.90. The molecule has 0 aliphatic carbocycles. The first-order valence-corrected chi connectivity index (χ1v) is 8.91. The van der Waals surface area contributed by atoms with Crippen LogP contribution in [-0.2, 0) is 13.0 Å². The van der Waals surface area contributed by atoms with Crippen molar-refractivity contribution in [1.29, 1.82) is 0 Å². The molecule has 0 spiro atoms. The third kappa shape index (κ3) is 4.17. The van der Waals surface area contributed by atoms with E-state index >= 15 is 0 Å². The highest BCUT2D eigenvalue weighted by molar-refractivity contribution is 7.16. The Morgan fingerprint density at radius 3 is 2.43 bits per heavy atom. The smallest absolute Gasteiger partial charge is 0.0931 e. The summed E-state index contributed by atoms with van der Waals surface area (Å²) in [5.74, 6) is 0. The summed E-state index contributed by atoms with van der Waals surface area (Å²) in [6.45, 7) is 1.91. The molecule has 1 aromatic carbocycles. The van der Waals surface area contributed by atoms with Crippen molar-refractivity contribution in [1.82, 2.24) is 5.32 Å². The van der Waals surface area contributed by atoms with E-state index in [1.54, 1.807) is 11.3 Å². The Hall–Kier alpha value is -1.13. The Kier molecular flexibility index (Phi) is 5.09. The predicted molar refractivity (Wildman–Crippen MR) is 94.5 cm³/mol. The molecule has 2 aromatic heterocycles. The number of hydrogen-bond acceptors (Lipinski definition) is 3. The summed E-state index contributed by atoms with van der Waals surface area (Å²) in [7, 11) is 0. The Morgan fingerprint density at radius 1 is 0.857 bits per heavy atom. The molecular weight excluding hydrogens is 318 g/mol. The minimum atomic E-state index is 0.871. The van der Waals surface area contributed by atoms with Gasteiger partial charge in [0.25, 0.3) is 0 Å². The predicted octanol–water partition coefficient (Wildman–Crippen LogP) is 5.46. The number of benzene rings is 1. The van der Waals surface area contributed by atoms with Crippen LogP contribution < -0.4 is 5.32 Å². The second-order valence-corrected chi connectivity index (χ2v) is 7.73. The van der Waals surface area contributed by atoms with Gasteiger partial charge in [-0.25, -0.2) is 0 Å². The molecule has 3 aromatic rings. The maximum absolute atomic E-state index is 5.93. The molecule has 1 N–H and O–H groups in total. The average Bonchev–Trinajstić information content (AvgIpc) is 3.14. The fourth-order valence-electron chi connectivity index (χ4n) is 2.14. The maximum Gasteiger partial charge on any atom is 0.0931 e. The molecule has 0 amide bonds. The van der Waals surface area contributed by atoms with Crippen molar-refractivity contribution in [3.05, 3.63) is 68.7 Å². The molecule has 0 fully saturated rings. The molecule has 4 heteroatoms. The van der Waals surface area contributed by atoms with Gasteiger partial charge in [0, 0.05) is 27.7 Å². The summed E-state index contributed by atoms with van der Waals surface area (Å²) in [5.41, 5.74) is 1.29. The second kappa shape index (κ2) is 7.23. The molecule has 0 aliphatic rings. The number of hydrogen-bond donors (Lipinski definition) is 1. The van der Waals surface area contributed by atoms with E-state index in [1.165, 1.54) is 20.2 Å². The van der Waals surface area contributed by atoms with Crippen molar-refractivity contribution in [2.45, 2.75) is 13.0 Å². The molecule has 0 radical (unpaired) electrons. The third-order valence-corrected chi connectivity index (χ3v) is 5.62. The molecule has 108 valence electrons. The van der Waals surface area contributed by atoms with Gasteiger partial charge in [0.1, 0.15) is 0 Å². The van der Waals surface area contributed by atoms with Crippen LogP contribution in [-0.4, -0.2) is 6.54 Å². The largest absolute Gasteiger partial charge is 0.311 e. The number of thiophene rings is 2. The van der Waals surface area contributed by atoms with Crippen molar-refractivity contribution >= 4 is 34.3 Å². The molecule has 1 nitrogen and oxygen atoms in total. The fraction of sp³-hybridized carbons (Fsp3) is 0.176. The SMILES string of the molecule is Clc1ccc(CCNCc2ccc(-c3ccccc3)s2)s1. The van der Waals surface area contributed by atoms with Crippen LogP contribution in [0.2, 0.25) is 4.34 Å². The molecule has 0 aliphatic heterocycles. The van der Waals surface area contributed by atoms with Gasteiger partial charge in [-0.3, -0.25) is 0 Å². The quantitative estimate of drug-likeness (QED) is 0.590. The Balaban J connectivity index is 1.49. The molecular formula is C17H16ClNS2. The van der Waals surface area contributed by atoms with E-state index in [0.29, 0.717) is 0 Å². The topological polar surface area (TPSA) is 12.0 Å². The summed E-state index contributed by atoms with van der Waals surface area (Å²) in [6, 6.07) is 19.0. The van der Waals surface area contributed by atoms with Crippen molar-refractivity contribution < 1.29 is 0 Å². The zero-order valence-corrected chi connectivity index (χ0v) is 13.9. The number of halogens is 1. The van der Waals surface area contributed by atoms with Gasteiger partial charge in [-0.05, 0) is 36.2 Å². The lowest BCUT2D eigenvalue weighted by atomic mass is 10.2. The summed E-state index contributed by atoms with van der Waals surface area (Å²) >= 11 is 9.45. The summed E-state index contributed by atoms with van der Waals surface area (Å²) in [6.07, 6.45) is 1.04. The molecule has 0 saturated heterocycles. The lowest BCUT2D eigenvalue weighted by molar-refractivity contribution is 0.697. The molecule has 0 bridgehead atoms. The van der Waals surface area contributed by atoms with Gasteiger partial charge in [-0.2, -0.15) is 0 Å². The molecule has 2 heterocycles. The van der Waals surface area contributed by atoms with Crippen LogP contribution in [0, 0.1) is 0 Å². The molecule has 21 heavy (non-hydrogen) atoms. The normalized spacial score (nSPS) is 10.9. The van der Waals surface area contributed by atoms with Crippen LogP contribution in [0.15, 0.2) is 54.6 Å². The van der Waals surface area contributed by atoms with Gasteiger partial charge in [-0.1, -0.05) is 41.9 Å². The van der Waals surface area contributed by atoms with Crippen molar-refractivity contribution in [3.8, 4) is 10.4 Å². The van der Waals surface area contributed by atoms with E-state index in [9.17, 15) is 0 Å². The lowest BCUT2D eigenvalue weighted by Gasteiger charge is -2.01. The maximum atomic E-state index is 5.93. The van der Waals surface area contributed by atoms with Crippen LogP contribution in [0.1, 0.15) is 9.75 Å². The zero-order valence-electron chi connectivity index (χ0n) is 11.5. The van der Waals surface area contributed by atoms with E-state index in [1.807, 2.05) is 17.4 Å². The van der Waals surface area contributed by atoms with Crippen molar-refractivity contribution in [2.24, 2.45) is 0 Å². The van der Waals surface area contributed by atoms with Crippen LogP contribution >= 0.6 is 34.3 Å². The van der Waals surface area contributed by atoms with Crippen LogP contribution in [0.4, 0.5) is 0 Å². The van der Waals surface area contributed by atoms with Crippen molar-refractivity contribution in [3.63, 3.8) is 0 Å². The highest BCUT2D eigenvalue weighted by Crippen LogP contribution is 2.27. The van der Waals surface area contributed by atoms with Crippen molar-refractivity contribution in [2.75, 3.05) is 6.54 Å². The van der Waals surface area contributed by atoms with Gasteiger partial charge in [-0.15, -0.1) is 22.7 Å². The average molecular weight is 334 g/mol. The minimum absolute atomic E-state index is 0.871. The lowest BCUT2D eigenvalue weighted by Crippen LogP contribution is -2.15. The highest BCUT2D eigenvalue weighted by atomic mass is 35.5. The van der Waals surface area contributed by atoms with E-state index in [0.717, 1.165) is 23.8 Å². The molecule has 3 rings (SSSR count). The fourth-order valence-corrected chi connectivity index (χ4v) is 4.21. The minimum Gasteiger partial charge on any atom is -0.311 e. The van der Waals surface area contributed by atoms with E-state index in [-0.39, 0.29) is 0 Å². The van der Waals surface area contributed by atoms with Gasteiger partial charge in [0.2, 0.25) is 0 Å². The second-order valence-electron chi connectivity index (χ2n) is 4.76. The molecule has 0 unspecified atom stereocenters.